The molecule has 3 heterocycles. The Kier molecular flexibility index (Phi) is 7.60. The molecule has 4 aromatic rings. The zero-order valence-corrected chi connectivity index (χ0v) is 21.8. The van der Waals surface area contributed by atoms with Crippen LogP contribution in [0.2, 0.25) is 5.02 Å². The Bertz CT molecular complexity index is 1580. The SMILES string of the molecule is CNc1ncc(-n2c(=O)n(C[C@H]3CC[C@H](NC(=O)c4cc(Cl)cnc4C(F)F)CC3)c3ccccc32)cc1F. The van der Waals surface area contributed by atoms with Gasteiger partial charge in [-0.05, 0) is 49.8 Å². The van der Waals surface area contributed by atoms with Crippen LogP contribution in [0.5, 0.6) is 0 Å². The van der Waals surface area contributed by atoms with E-state index in [2.05, 4.69) is 20.6 Å². The van der Waals surface area contributed by atoms with Crippen molar-refractivity contribution in [3.63, 3.8) is 0 Å². The molecule has 1 aliphatic rings. The second kappa shape index (κ2) is 11.1. The lowest BCUT2D eigenvalue weighted by molar-refractivity contribution is 0.0904. The van der Waals surface area contributed by atoms with Gasteiger partial charge in [0, 0.05) is 31.9 Å². The molecule has 204 valence electrons. The van der Waals surface area contributed by atoms with Crippen LogP contribution in [0.1, 0.15) is 48.2 Å². The van der Waals surface area contributed by atoms with Gasteiger partial charge >= 0.3 is 5.69 Å². The minimum atomic E-state index is -2.90. The molecule has 1 saturated carbocycles. The lowest BCUT2D eigenvalue weighted by Gasteiger charge is -2.29. The van der Waals surface area contributed by atoms with Gasteiger partial charge in [-0.15, -0.1) is 0 Å². The van der Waals surface area contributed by atoms with Crippen molar-refractivity contribution in [3.05, 3.63) is 81.4 Å². The molecule has 0 bridgehead atoms. The van der Waals surface area contributed by atoms with Gasteiger partial charge in [-0.1, -0.05) is 23.7 Å². The van der Waals surface area contributed by atoms with Gasteiger partial charge in [-0.2, -0.15) is 0 Å². The molecular weight excluding hydrogens is 533 g/mol. The Morgan fingerprint density at radius 1 is 1.10 bits per heavy atom. The van der Waals surface area contributed by atoms with Crippen LogP contribution in [-0.4, -0.2) is 38.1 Å². The summed E-state index contributed by atoms with van der Waals surface area (Å²) >= 11 is 5.88. The molecule has 1 aromatic carbocycles. The monoisotopic (exact) mass is 558 g/mol. The zero-order chi connectivity index (χ0) is 27.7. The minimum absolute atomic E-state index is 0.0939. The first-order valence-electron chi connectivity index (χ1n) is 12.5. The fourth-order valence-electron chi connectivity index (χ4n) is 5.18. The van der Waals surface area contributed by atoms with Crippen LogP contribution in [0.4, 0.5) is 19.0 Å². The van der Waals surface area contributed by atoms with Crippen molar-refractivity contribution in [2.75, 3.05) is 12.4 Å². The van der Waals surface area contributed by atoms with Gasteiger partial charge in [0.25, 0.3) is 12.3 Å². The molecule has 0 unspecified atom stereocenters. The number of hydrogen-bond acceptors (Lipinski definition) is 5. The van der Waals surface area contributed by atoms with Gasteiger partial charge in [0.05, 0.1) is 33.5 Å². The van der Waals surface area contributed by atoms with E-state index < -0.39 is 23.8 Å². The first kappa shape index (κ1) is 26.7. The normalized spacial score (nSPS) is 17.5. The number of carbonyl (C=O) groups is 1. The zero-order valence-electron chi connectivity index (χ0n) is 21.0. The maximum atomic E-state index is 14.4. The highest BCUT2D eigenvalue weighted by Gasteiger charge is 2.27. The number of anilines is 1. The van der Waals surface area contributed by atoms with Crippen molar-refractivity contribution in [2.24, 2.45) is 5.92 Å². The standard InChI is InChI=1S/C27H26ClF3N6O2/c1-32-25-20(29)11-18(13-34-25)37-22-5-3-2-4-21(22)36(27(37)39)14-15-6-8-17(9-7-15)35-26(38)19-10-16(28)12-33-23(19)24(30)31/h2-5,10-13,15,17,24H,6-9,14H2,1H3,(H,32,34)(H,35,38)/t15-,17-. The lowest BCUT2D eigenvalue weighted by atomic mass is 9.85. The molecule has 1 fully saturated rings. The number of aromatic nitrogens is 4. The molecule has 5 rings (SSSR count). The molecule has 1 aliphatic carbocycles. The largest absolute Gasteiger partial charge is 0.371 e. The summed E-state index contributed by atoms with van der Waals surface area (Å²) < 4.78 is 44.2. The number of amides is 1. The highest BCUT2D eigenvalue weighted by molar-refractivity contribution is 6.30. The molecule has 12 heteroatoms. The summed E-state index contributed by atoms with van der Waals surface area (Å²) in [6, 6.07) is 9.60. The molecule has 2 N–H and O–H groups in total. The third-order valence-corrected chi connectivity index (χ3v) is 7.32. The van der Waals surface area contributed by atoms with E-state index in [1.807, 2.05) is 24.3 Å². The van der Waals surface area contributed by atoms with E-state index >= 15 is 0 Å². The van der Waals surface area contributed by atoms with Gasteiger partial charge in [0.1, 0.15) is 5.69 Å². The highest BCUT2D eigenvalue weighted by atomic mass is 35.5. The van der Waals surface area contributed by atoms with Crippen molar-refractivity contribution in [1.82, 2.24) is 24.4 Å². The first-order chi connectivity index (χ1) is 18.8. The molecule has 1 amide bonds. The van der Waals surface area contributed by atoms with Gasteiger partial charge < -0.3 is 10.6 Å². The number of carbonyl (C=O) groups excluding carboxylic acids is 1. The van der Waals surface area contributed by atoms with Gasteiger partial charge in [-0.25, -0.2) is 22.9 Å². The Morgan fingerprint density at radius 3 is 2.49 bits per heavy atom. The molecule has 0 radical (unpaired) electrons. The molecule has 8 nitrogen and oxygen atoms in total. The number of nitrogens with one attached hydrogen (secondary N) is 2. The molecule has 39 heavy (non-hydrogen) atoms. The summed E-state index contributed by atoms with van der Waals surface area (Å²) in [5, 5.41) is 5.61. The number of benzene rings is 1. The van der Waals surface area contributed by atoms with E-state index in [4.69, 9.17) is 11.6 Å². The van der Waals surface area contributed by atoms with E-state index in [9.17, 15) is 22.8 Å². The molecular formula is C27H26ClF3N6O2. The van der Waals surface area contributed by atoms with Crippen molar-refractivity contribution in [1.29, 1.82) is 0 Å². The summed E-state index contributed by atoms with van der Waals surface area (Å²) in [6.45, 7) is 0.450. The summed E-state index contributed by atoms with van der Waals surface area (Å²) in [5.74, 6) is -0.945. The van der Waals surface area contributed by atoms with Crippen LogP contribution in [-0.2, 0) is 6.54 Å². The number of rotatable bonds is 7. The van der Waals surface area contributed by atoms with Crippen LogP contribution < -0.4 is 16.3 Å². The number of fused-ring (bicyclic) bond motifs is 1. The summed E-state index contributed by atoms with van der Waals surface area (Å²) in [7, 11) is 1.57. The average Bonchev–Trinajstić information content (AvgIpc) is 3.20. The van der Waals surface area contributed by atoms with Crippen LogP contribution in [0, 0.1) is 11.7 Å². The maximum absolute atomic E-state index is 14.4. The number of hydrogen-bond donors (Lipinski definition) is 2. The summed E-state index contributed by atoms with van der Waals surface area (Å²) in [5.41, 5.74) is 0.579. The molecule has 0 saturated heterocycles. The van der Waals surface area contributed by atoms with E-state index in [-0.39, 0.29) is 34.1 Å². The van der Waals surface area contributed by atoms with Crippen molar-refractivity contribution in [2.45, 2.75) is 44.7 Å². The number of pyridine rings is 2. The number of nitrogens with zero attached hydrogens (tertiary/aromatic N) is 4. The fourth-order valence-corrected chi connectivity index (χ4v) is 5.34. The van der Waals surface area contributed by atoms with Crippen LogP contribution in [0.15, 0.2) is 53.6 Å². The lowest BCUT2D eigenvalue weighted by Crippen LogP contribution is -2.39. The van der Waals surface area contributed by atoms with E-state index in [0.29, 0.717) is 30.6 Å². The Balaban J connectivity index is 1.31. The Hall–Kier alpha value is -3.86. The number of para-hydroxylation sites is 2. The van der Waals surface area contributed by atoms with Crippen LogP contribution >= 0.6 is 11.6 Å². The molecule has 0 spiro atoms. The van der Waals surface area contributed by atoms with E-state index in [1.165, 1.54) is 22.9 Å². The van der Waals surface area contributed by atoms with E-state index in [0.717, 1.165) is 24.6 Å². The average molecular weight is 559 g/mol. The van der Waals surface area contributed by atoms with Gasteiger partial charge in [0.2, 0.25) is 0 Å². The third-order valence-electron chi connectivity index (χ3n) is 7.12. The fraction of sp³-hybridized carbons (Fsp3) is 0.333. The minimum Gasteiger partial charge on any atom is -0.371 e. The second-order valence-electron chi connectivity index (χ2n) is 9.57. The van der Waals surface area contributed by atoms with E-state index in [1.54, 1.807) is 11.6 Å². The predicted molar refractivity (Wildman–Crippen MR) is 142 cm³/mol. The third kappa shape index (κ3) is 5.36. The number of alkyl halides is 2. The van der Waals surface area contributed by atoms with Crippen molar-refractivity contribution < 1.29 is 18.0 Å². The molecule has 0 aliphatic heterocycles. The Labute approximate surface area is 226 Å². The quantitative estimate of drug-likeness (QED) is 0.319. The molecule has 0 atom stereocenters. The Morgan fingerprint density at radius 2 is 1.82 bits per heavy atom. The predicted octanol–water partition coefficient (Wildman–Crippen LogP) is 5.34. The number of imidazole rings is 1. The van der Waals surface area contributed by atoms with Gasteiger partial charge in [-0.3, -0.25) is 18.9 Å². The number of halogens is 4. The topological polar surface area (TPSA) is 93.8 Å². The second-order valence-corrected chi connectivity index (χ2v) is 10.0. The first-order valence-corrected chi connectivity index (χ1v) is 12.9. The van der Waals surface area contributed by atoms with Crippen LogP contribution in [0.3, 0.4) is 0 Å². The molecule has 3 aromatic heterocycles. The smallest absolute Gasteiger partial charge is 0.333 e. The highest BCUT2D eigenvalue weighted by Crippen LogP contribution is 2.29. The van der Waals surface area contributed by atoms with Crippen molar-refractivity contribution in [3.8, 4) is 5.69 Å². The summed E-state index contributed by atoms with van der Waals surface area (Å²) in [6.07, 6.45) is 2.35. The maximum Gasteiger partial charge on any atom is 0.333 e. The van der Waals surface area contributed by atoms with Gasteiger partial charge in [0.15, 0.2) is 11.6 Å². The van der Waals surface area contributed by atoms with Crippen molar-refractivity contribution >= 4 is 34.4 Å². The summed E-state index contributed by atoms with van der Waals surface area (Å²) in [4.78, 5) is 34.0. The van der Waals surface area contributed by atoms with Crippen LogP contribution in [0.25, 0.3) is 16.7 Å².